The number of hydrogen-bond acceptors (Lipinski definition) is 4. The Morgan fingerprint density at radius 2 is 2.23 bits per heavy atom. The van der Waals surface area contributed by atoms with Gasteiger partial charge in [0, 0.05) is 5.69 Å². The van der Waals surface area contributed by atoms with Crippen LogP contribution in [0.3, 0.4) is 0 Å². The van der Waals surface area contributed by atoms with Crippen LogP contribution in [-0.2, 0) is 9.59 Å². The fraction of sp³-hybridized carbons (Fsp3) is 0.167. The summed E-state index contributed by atoms with van der Waals surface area (Å²) in [6, 6.07) is 3.76. The number of hydrogen-bond donors (Lipinski definition) is 3. The molecular formula is C12H11ClFN5O2S. The van der Waals surface area contributed by atoms with Crippen molar-refractivity contribution in [1.82, 2.24) is 0 Å². The summed E-state index contributed by atoms with van der Waals surface area (Å²) in [7, 11) is 0. The first-order chi connectivity index (χ1) is 10.3. The summed E-state index contributed by atoms with van der Waals surface area (Å²) in [5, 5.41) is 1.71. The summed E-state index contributed by atoms with van der Waals surface area (Å²) in [5.41, 5.74) is 10.7. The standard InChI is InChI=1S/C12H11ClFN5O2S/c13-6-3-5(1-2-7(6)14)17-10(21)8-4-9(20)18-12(22-8)19-11(15)16/h1-3,8H,4H2,(H,17,21)(H4,15,16,18,19,20)/t8-/m0/s1. The van der Waals surface area contributed by atoms with E-state index in [0.717, 1.165) is 17.8 Å². The molecular weight excluding hydrogens is 333 g/mol. The smallest absolute Gasteiger partial charge is 0.249 e. The number of aliphatic imine (C=N–C) groups is 2. The summed E-state index contributed by atoms with van der Waals surface area (Å²) in [5.74, 6) is -1.82. The normalized spacial score (nSPS) is 17.6. The minimum absolute atomic E-state index is 0.0218. The maximum atomic E-state index is 13.1. The molecule has 7 nitrogen and oxygen atoms in total. The van der Waals surface area contributed by atoms with Crippen molar-refractivity contribution in [2.24, 2.45) is 21.5 Å². The van der Waals surface area contributed by atoms with E-state index < -0.39 is 22.9 Å². The molecule has 1 aromatic rings. The highest BCUT2D eigenvalue weighted by atomic mass is 35.5. The Kier molecular flexibility index (Phi) is 4.99. The van der Waals surface area contributed by atoms with E-state index in [9.17, 15) is 14.0 Å². The number of guanidine groups is 1. The van der Waals surface area contributed by atoms with Crippen LogP contribution in [0.15, 0.2) is 28.2 Å². The molecule has 0 fully saturated rings. The highest BCUT2D eigenvalue weighted by Crippen LogP contribution is 2.26. The van der Waals surface area contributed by atoms with Gasteiger partial charge < -0.3 is 16.8 Å². The van der Waals surface area contributed by atoms with Gasteiger partial charge in [0.1, 0.15) is 11.1 Å². The van der Waals surface area contributed by atoms with Gasteiger partial charge in [0.2, 0.25) is 11.8 Å². The number of nitrogens with one attached hydrogen (secondary N) is 1. The topological polar surface area (TPSA) is 123 Å². The van der Waals surface area contributed by atoms with Gasteiger partial charge >= 0.3 is 0 Å². The fourth-order valence-electron chi connectivity index (χ4n) is 1.61. The van der Waals surface area contributed by atoms with Gasteiger partial charge in [0.05, 0.1) is 11.4 Å². The molecule has 1 heterocycles. The van der Waals surface area contributed by atoms with Crippen LogP contribution >= 0.6 is 23.4 Å². The van der Waals surface area contributed by atoms with Gasteiger partial charge in [-0.3, -0.25) is 9.59 Å². The van der Waals surface area contributed by atoms with E-state index in [1.54, 1.807) is 0 Å². The number of rotatable bonds is 2. The highest BCUT2D eigenvalue weighted by molar-refractivity contribution is 8.15. The molecule has 0 radical (unpaired) electrons. The third-order valence-corrected chi connectivity index (χ3v) is 3.88. The Morgan fingerprint density at radius 1 is 1.50 bits per heavy atom. The molecule has 1 aromatic carbocycles. The molecule has 116 valence electrons. The number of amides is 2. The number of amidine groups is 1. The monoisotopic (exact) mass is 343 g/mol. The Morgan fingerprint density at radius 3 is 2.86 bits per heavy atom. The molecule has 10 heteroatoms. The Bertz CT molecular complexity index is 690. The molecule has 22 heavy (non-hydrogen) atoms. The zero-order valence-corrected chi connectivity index (χ0v) is 12.6. The lowest BCUT2D eigenvalue weighted by Crippen LogP contribution is -2.32. The molecule has 2 amide bonds. The minimum Gasteiger partial charge on any atom is -0.370 e. The van der Waals surface area contributed by atoms with E-state index in [1.807, 2.05) is 0 Å². The summed E-state index contributed by atoms with van der Waals surface area (Å²) >= 11 is 6.60. The molecule has 0 saturated carbocycles. The van der Waals surface area contributed by atoms with Crippen LogP contribution in [0.2, 0.25) is 5.02 Å². The average molecular weight is 344 g/mol. The van der Waals surface area contributed by atoms with Crippen molar-refractivity contribution in [3.05, 3.63) is 29.0 Å². The van der Waals surface area contributed by atoms with Crippen LogP contribution in [0.5, 0.6) is 0 Å². The van der Waals surface area contributed by atoms with Crippen LogP contribution < -0.4 is 16.8 Å². The van der Waals surface area contributed by atoms with E-state index >= 15 is 0 Å². The number of carbonyl (C=O) groups is 2. The first kappa shape index (κ1) is 16.2. The van der Waals surface area contributed by atoms with E-state index in [-0.39, 0.29) is 22.6 Å². The van der Waals surface area contributed by atoms with Gasteiger partial charge in [-0.1, -0.05) is 23.4 Å². The van der Waals surface area contributed by atoms with E-state index in [4.69, 9.17) is 23.1 Å². The van der Waals surface area contributed by atoms with Crippen molar-refractivity contribution < 1.29 is 14.0 Å². The Balaban J connectivity index is 2.09. The second-order valence-electron chi connectivity index (χ2n) is 4.25. The van der Waals surface area contributed by atoms with E-state index in [0.29, 0.717) is 5.69 Å². The number of carbonyl (C=O) groups excluding carboxylic acids is 2. The van der Waals surface area contributed by atoms with Gasteiger partial charge in [-0.2, -0.15) is 9.98 Å². The van der Waals surface area contributed by atoms with Crippen LogP contribution in [0.1, 0.15) is 6.42 Å². The van der Waals surface area contributed by atoms with E-state index in [1.165, 1.54) is 12.1 Å². The lowest BCUT2D eigenvalue weighted by Gasteiger charge is -2.18. The minimum atomic E-state index is -0.744. The second-order valence-corrected chi connectivity index (χ2v) is 5.83. The predicted molar refractivity (Wildman–Crippen MR) is 84.3 cm³/mol. The zero-order valence-electron chi connectivity index (χ0n) is 11.0. The summed E-state index contributed by atoms with van der Waals surface area (Å²) in [4.78, 5) is 31.0. The van der Waals surface area contributed by atoms with Gasteiger partial charge in [0.25, 0.3) is 0 Å². The highest BCUT2D eigenvalue weighted by Gasteiger charge is 2.29. The molecule has 0 aromatic heterocycles. The average Bonchev–Trinajstić information content (AvgIpc) is 2.41. The quantitative estimate of drug-likeness (QED) is 0.547. The van der Waals surface area contributed by atoms with Crippen molar-refractivity contribution >= 4 is 52.0 Å². The third kappa shape index (κ3) is 4.18. The van der Waals surface area contributed by atoms with Crippen molar-refractivity contribution in [2.75, 3.05) is 5.32 Å². The molecule has 0 unspecified atom stereocenters. The zero-order chi connectivity index (χ0) is 16.3. The van der Waals surface area contributed by atoms with Gasteiger partial charge in [-0.15, -0.1) is 0 Å². The third-order valence-electron chi connectivity index (χ3n) is 2.53. The van der Waals surface area contributed by atoms with Gasteiger partial charge in [0.15, 0.2) is 11.1 Å². The van der Waals surface area contributed by atoms with Crippen molar-refractivity contribution in [1.29, 1.82) is 0 Å². The van der Waals surface area contributed by atoms with Crippen LogP contribution in [0.25, 0.3) is 0 Å². The molecule has 1 aliphatic heterocycles. The first-order valence-corrected chi connectivity index (χ1v) is 7.24. The lowest BCUT2D eigenvalue weighted by atomic mass is 10.2. The molecule has 0 bridgehead atoms. The van der Waals surface area contributed by atoms with E-state index in [2.05, 4.69) is 15.3 Å². The number of halogens is 2. The Labute approximate surface area is 134 Å². The number of nitrogens with two attached hydrogens (primary N) is 2. The van der Waals surface area contributed by atoms with Gasteiger partial charge in [-0.05, 0) is 18.2 Å². The molecule has 5 N–H and O–H groups in total. The van der Waals surface area contributed by atoms with Crippen LogP contribution in [-0.4, -0.2) is 28.2 Å². The number of thioether (sulfide) groups is 1. The molecule has 0 spiro atoms. The fourth-order valence-corrected chi connectivity index (χ4v) is 2.75. The molecule has 0 saturated heterocycles. The molecule has 0 aliphatic carbocycles. The van der Waals surface area contributed by atoms with Crippen molar-refractivity contribution in [3.63, 3.8) is 0 Å². The second kappa shape index (κ2) is 6.75. The first-order valence-electron chi connectivity index (χ1n) is 5.99. The summed E-state index contributed by atoms with van der Waals surface area (Å²) in [6.07, 6.45) is -0.0884. The maximum absolute atomic E-state index is 13.1. The predicted octanol–water partition coefficient (Wildman–Crippen LogP) is 1.08. The summed E-state index contributed by atoms with van der Waals surface area (Å²) in [6.45, 7) is 0. The van der Waals surface area contributed by atoms with Crippen LogP contribution in [0.4, 0.5) is 10.1 Å². The Hall–Kier alpha value is -2.13. The van der Waals surface area contributed by atoms with Gasteiger partial charge in [-0.25, -0.2) is 4.39 Å². The molecule has 2 rings (SSSR count). The molecule has 1 atom stereocenters. The maximum Gasteiger partial charge on any atom is 0.249 e. The molecule has 1 aliphatic rings. The number of anilines is 1. The number of nitrogens with zero attached hydrogens (tertiary/aromatic N) is 2. The number of benzene rings is 1. The largest absolute Gasteiger partial charge is 0.370 e. The van der Waals surface area contributed by atoms with Crippen molar-refractivity contribution in [3.8, 4) is 0 Å². The van der Waals surface area contributed by atoms with Crippen LogP contribution in [0, 0.1) is 5.82 Å². The van der Waals surface area contributed by atoms with Crippen molar-refractivity contribution in [2.45, 2.75) is 11.7 Å². The SMILES string of the molecule is NC(N)=NC1=NC(=O)C[C@@H](C(=O)Nc2ccc(F)c(Cl)c2)S1. The summed E-state index contributed by atoms with van der Waals surface area (Å²) < 4.78 is 13.1. The lowest BCUT2D eigenvalue weighted by molar-refractivity contribution is -0.121.